The molecular formula is C16H25ClN3O3+. The zero-order valence-corrected chi connectivity index (χ0v) is 14.0. The van der Waals surface area contributed by atoms with Gasteiger partial charge in [-0.1, -0.05) is 11.6 Å². The number of nitrogens with two attached hydrogens (primary N) is 1. The molecule has 6 nitrogen and oxygen atoms in total. The highest BCUT2D eigenvalue weighted by Crippen LogP contribution is 2.13. The summed E-state index contributed by atoms with van der Waals surface area (Å²) in [5.74, 6) is -1.57. The average molecular weight is 343 g/mol. The molecule has 0 bridgehead atoms. The number of hydrogen-bond acceptors (Lipinski definition) is 3. The summed E-state index contributed by atoms with van der Waals surface area (Å²) in [6, 6.07) is 5.79. The molecule has 1 aromatic carbocycles. The third kappa shape index (κ3) is 8.54. The van der Waals surface area contributed by atoms with Crippen LogP contribution in [0.25, 0.3) is 0 Å². The molecule has 0 unspecified atom stereocenters. The van der Waals surface area contributed by atoms with Gasteiger partial charge in [0, 0.05) is 10.7 Å². The number of rotatable bonds is 11. The van der Waals surface area contributed by atoms with Gasteiger partial charge in [0.1, 0.15) is 6.04 Å². The van der Waals surface area contributed by atoms with Gasteiger partial charge in [0.15, 0.2) is 0 Å². The maximum atomic E-state index is 11.9. The molecular weight excluding hydrogens is 318 g/mol. The van der Waals surface area contributed by atoms with Gasteiger partial charge in [0.2, 0.25) is 5.91 Å². The van der Waals surface area contributed by atoms with E-state index in [0.29, 0.717) is 17.3 Å². The van der Waals surface area contributed by atoms with Crippen molar-refractivity contribution >= 4 is 29.2 Å². The van der Waals surface area contributed by atoms with Gasteiger partial charge in [0.25, 0.3) is 0 Å². The first kappa shape index (κ1) is 19.4. The second-order valence-corrected chi connectivity index (χ2v) is 5.91. The van der Waals surface area contributed by atoms with E-state index < -0.39 is 12.0 Å². The van der Waals surface area contributed by atoms with E-state index in [1.54, 1.807) is 29.6 Å². The van der Waals surface area contributed by atoms with Gasteiger partial charge < -0.3 is 26.3 Å². The fraction of sp³-hybridized carbons (Fsp3) is 0.500. The summed E-state index contributed by atoms with van der Waals surface area (Å²) in [5.41, 5.74) is 4.37. The molecule has 0 saturated heterocycles. The third-order valence-electron chi connectivity index (χ3n) is 3.49. The fourth-order valence-electron chi connectivity index (χ4n) is 2.20. The van der Waals surface area contributed by atoms with Crippen LogP contribution in [-0.2, 0) is 9.59 Å². The highest BCUT2D eigenvalue weighted by molar-refractivity contribution is 6.30. The molecule has 23 heavy (non-hydrogen) atoms. The summed E-state index contributed by atoms with van der Waals surface area (Å²) in [5, 5.41) is 16.0. The SMILES string of the molecule is [NH3+]CCCCCC[NH2+][C@H](CC(=O)Nc1ccc(Cl)cc1)C(=O)[O-]. The molecule has 128 valence electrons. The first-order chi connectivity index (χ1) is 11.0. The summed E-state index contributed by atoms with van der Waals surface area (Å²) >= 11 is 5.77. The van der Waals surface area contributed by atoms with Gasteiger partial charge >= 0.3 is 0 Å². The molecule has 1 atom stereocenters. The number of carboxylic acid groups (broad SMARTS) is 1. The van der Waals surface area contributed by atoms with Gasteiger partial charge in [-0.2, -0.15) is 0 Å². The van der Waals surface area contributed by atoms with Crippen molar-refractivity contribution in [1.29, 1.82) is 0 Å². The normalized spacial score (nSPS) is 11.9. The highest BCUT2D eigenvalue weighted by Gasteiger charge is 2.18. The topological polar surface area (TPSA) is 113 Å². The summed E-state index contributed by atoms with van der Waals surface area (Å²) in [7, 11) is 0. The van der Waals surface area contributed by atoms with E-state index in [1.807, 2.05) is 0 Å². The molecule has 1 amide bonds. The Kier molecular flexibility index (Phi) is 9.28. The first-order valence-corrected chi connectivity index (χ1v) is 8.29. The second kappa shape index (κ2) is 11.0. The summed E-state index contributed by atoms with van der Waals surface area (Å²) in [4.78, 5) is 23.1. The number of quaternary nitrogens is 2. The minimum absolute atomic E-state index is 0.121. The van der Waals surface area contributed by atoms with Gasteiger partial charge in [-0.3, -0.25) is 4.79 Å². The number of halogens is 1. The number of aliphatic carboxylic acids is 1. The molecule has 0 aliphatic heterocycles. The lowest BCUT2D eigenvalue weighted by Gasteiger charge is -2.16. The van der Waals surface area contributed by atoms with E-state index in [1.165, 1.54) is 0 Å². The molecule has 0 spiro atoms. The maximum Gasteiger partial charge on any atom is 0.230 e. The van der Waals surface area contributed by atoms with Crippen LogP contribution in [-0.4, -0.2) is 31.0 Å². The second-order valence-electron chi connectivity index (χ2n) is 5.48. The highest BCUT2D eigenvalue weighted by atomic mass is 35.5. The van der Waals surface area contributed by atoms with Crippen LogP contribution >= 0.6 is 11.6 Å². The monoisotopic (exact) mass is 342 g/mol. The van der Waals surface area contributed by atoms with Crippen molar-refractivity contribution in [1.82, 2.24) is 0 Å². The minimum atomic E-state index is -1.21. The Morgan fingerprint density at radius 1 is 1.17 bits per heavy atom. The Hall–Kier alpha value is -1.63. The largest absolute Gasteiger partial charge is 0.544 e. The van der Waals surface area contributed by atoms with Crippen molar-refractivity contribution < 1.29 is 25.7 Å². The van der Waals surface area contributed by atoms with E-state index >= 15 is 0 Å². The third-order valence-corrected chi connectivity index (χ3v) is 3.74. The molecule has 6 N–H and O–H groups in total. The lowest BCUT2D eigenvalue weighted by atomic mass is 10.1. The van der Waals surface area contributed by atoms with Crippen molar-refractivity contribution in [3.63, 3.8) is 0 Å². The van der Waals surface area contributed by atoms with Gasteiger partial charge in [-0.15, -0.1) is 0 Å². The Morgan fingerprint density at radius 2 is 1.83 bits per heavy atom. The predicted molar refractivity (Wildman–Crippen MR) is 86.5 cm³/mol. The number of benzene rings is 1. The number of carboxylic acids is 1. The van der Waals surface area contributed by atoms with Crippen molar-refractivity contribution in [3.05, 3.63) is 29.3 Å². The van der Waals surface area contributed by atoms with Crippen LogP contribution < -0.4 is 21.5 Å². The summed E-state index contributed by atoms with van der Waals surface area (Å²) in [6.07, 6.45) is 4.03. The first-order valence-electron chi connectivity index (χ1n) is 7.91. The van der Waals surface area contributed by atoms with Crippen LogP contribution in [0.4, 0.5) is 5.69 Å². The van der Waals surface area contributed by atoms with Crippen LogP contribution in [0.15, 0.2) is 24.3 Å². The molecule has 0 aliphatic rings. The molecule has 1 rings (SSSR count). The summed E-state index contributed by atoms with van der Waals surface area (Å²) < 4.78 is 0. The molecule has 0 saturated carbocycles. The van der Waals surface area contributed by atoms with Gasteiger partial charge in [0.05, 0.1) is 25.5 Å². The van der Waals surface area contributed by atoms with Crippen molar-refractivity contribution in [2.75, 3.05) is 18.4 Å². The smallest absolute Gasteiger partial charge is 0.230 e. The van der Waals surface area contributed by atoms with Crippen molar-refractivity contribution in [2.24, 2.45) is 0 Å². The fourth-order valence-corrected chi connectivity index (χ4v) is 2.33. The van der Waals surface area contributed by atoms with E-state index in [4.69, 9.17) is 11.6 Å². The van der Waals surface area contributed by atoms with Gasteiger partial charge in [-0.25, -0.2) is 0 Å². The van der Waals surface area contributed by atoms with E-state index in [9.17, 15) is 14.7 Å². The van der Waals surface area contributed by atoms with E-state index in [2.05, 4.69) is 11.1 Å². The van der Waals surface area contributed by atoms with Crippen LogP contribution in [0.2, 0.25) is 5.02 Å². The maximum absolute atomic E-state index is 11.9. The number of unbranched alkanes of at least 4 members (excludes halogenated alkanes) is 3. The standard InChI is InChI=1S/C16H24ClN3O3/c17-12-5-7-13(8-6-12)20-15(21)11-14(16(22)23)19-10-4-2-1-3-9-18/h5-8,14,19H,1-4,9-11,18H2,(H,20,21)(H,22,23)/p+1/t14-/m1/s1. The lowest BCUT2D eigenvalue weighted by molar-refractivity contribution is -0.682. The van der Waals surface area contributed by atoms with Gasteiger partial charge in [-0.05, 0) is 49.9 Å². The van der Waals surface area contributed by atoms with Crippen LogP contribution in [0, 0.1) is 0 Å². The van der Waals surface area contributed by atoms with Crippen LogP contribution in [0.5, 0.6) is 0 Å². The van der Waals surface area contributed by atoms with E-state index in [0.717, 1.165) is 32.2 Å². The summed E-state index contributed by atoms with van der Waals surface area (Å²) in [6.45, 7) is 1.60. The molecule has 0 radical (unpaired) electrons. The quantitative estimate of drug-likeness (QED) is 0.455. The van der Waals surface area contributed by atoms with Crippen LogP contribution in [0.3, 0.4) is 0 Å². The molecule has 0 aliphatic carbocycles. The average Bonchev–Trinajstić information content (AvgIpc) is 2.51. The zero-order chi connectivity index (χ0) is 17.1. The van der Waals surface area contributed by atoms with Crippen LogP contribution in [0.1, 0.15) is 32.1 Å². The zero-order valence-electron chi connectivity index (χ0n) is 13.2. The Bertz CT molecular complexity index is 494. The molecule has 1 aromatic rings. The molecule has 0 fully saturated rings. The number of hydrogen-bond donors (Lipinski definition) is 3. The Morgan fingerprint density at radius 3 is 2.43 bits per heavy atom. The number of nitrogens with one attached hydrogen (secondary N) is 1. The lowest BCUT2D eigenvalue weighted by Crippen LogP contribution is -2.93. The molecule has 7 heteroatoms. The number of amides is 1. The van der Waals surface area contributed by atoms with E-state index in [-0.39, 0.29) is 12.3 Å². The Balaban J connectivity index is 2.35. The number of carbonyl (C=O) groups is 2. The van der Waals surface area contributed by atoms with Crippen molar-refractivity contribution in [2.45, 2.75) is 38.1 Å². The number of anilines is 1. The molecule has 0 heterocycles. The Labute approximate surface area is 141 Å². The van der Waals surface area contributed by atoms with Crippen molar-refractivity contribution in [3.8, 4) is 0 Å². The minimum Gasteiger partial charge on any atom is -0.544 e. The molecule has 0 aromatic heterocycles. The number of carbonyl (C=O) groups excluding carboxylic acids is 2. The predicted octanol–water partition coefficient (Wildman–Crippen LogP) is -0.847.